The number of hydrogen-bond acceptors (Lipinski definition) is 3. The van der Waals surface area contributed by atoms with E-state index in [0.717, 1.165) is 12.1 Å². The van der Waals surface area contributed by atoms with Crippen molar-refractivity contribution in [2.24, 2.45) is 0 Å². The fourth-order valence-corrected chi connectivity index (χ4v) is 1.14. The highest BCUT2D eigenvalue weighted by molar-refractivity contribution is 6.41. The molecule has 2 amide bonds. The summed E-state index contributed by atoms with van der Waals surface area (Å²) in [6, 6.07) is 4.99. The summed E-state index contributed by atoms with van der Waals surface area (Å²) < 4.78 is 12.8. The van der Waals surface area contributed by atoms with Gasteiger partial charge in [0, 0.05) is 0 Å². The van der Waals surface area contributed by atoms with E-state index < -0.39 is 17.6 Å². The third-order valence-electron chi connectivity index (χ3n) is 1.71. The van der Waals surface area contributed by atoms with Crippen molar-refractivity contribution in [1.82, 2.24) is 5.32 Å². The minimum Gasteiger partial charge on any atom is -0.335 e. The van der Waals surface area contributed by atoms with Gasteiger partial charge >= 0.3 is 11.8 Å². The number of amides is 2. The monoisotopic (exact) mass is 255 g/mol. The third kappa shape index (κ3) is 3.74. The molecular weight excluding hydrogens is 249 g/mol. The molecule has 0 aliphatic rings. The molecular formula is C10H7ClFN3O2. The van der Waals surface area contributed by atoms with E-state index in [-0.39, 0.29) is 17.3 Å². The summed E-state index contributed by atoms with van der Waals surface area (Å²) in [5.74, 6) is -2.61. The summed E-state index contributed by atoms with van der Waals surface area (Å²) >= 11 is 5.68. The molecule has 0 unspecified atom stereocenters. The molecule has 0 saturated heterocycles. The molecule has 0 heterocycles. The Balaban J connectivity index is 2.71. The van der Waals surface area contributed by atoms with Crippen LogP contribution in [0.25, 0.3) is 0 Å². The maximum Gasteiger partial charge on any atom is 0.313 e. The third-order valence-corrected chi connectivity index (χ3v) is 2.04. The molecule has 1 rings (SSSR count). The molecule has 0 aliphatic heterocycles. The van der Waals surface area contributed by atoms with E-state index in [4.69, 9.17) is 16.9 Å². The van der Waals surface area contributed by atoms with Crippen molar-refractivity contribution in [3.63, 3.8) is 0 Å². The van der Waals surface area contributed by atoms with Gasteiger partial charge in [0.2, 0.25) is 0 Å². The van der Waals surface area contributed by atoms with Crippen LogP contribution in [0.3, 0.4) is 0 Å². The molecule has 0 aliphatic carbocycles. The highest BCUT2D eigenvalue weighted by Crippen LogP contribution is 2.22. The van der Waals surface area contributed by atoms with Gasteiger partial charge < -0.3 is 10.6 Å². The molecule has 1 aromatic carbocycles. The predicted octanol–water partition coefficient (Wildman–Crippen LogP) is 1.06. The van der Waals surface area contributed by atoms with Crippen molar-refractivity contribution < 1.29 is 14.0 Å². The Bertz CT molecular complexity index is 499. The van der Waals surface area contributed by atoms with Crippen molar-refractivity contribution in [1.29, 1.82) is 5.26 Å². The van der Waals surface area contributed by atoms with Crippen molar-refractivity contribution in [2.45, 2.75) is 0 Å². The normalized spacial score (nSPS) is 9.24. The molecule has 1 aromatic rings. The zero-order valence-electron chi connectivity index (χ0n) is 8.46. The number of nitrogens with one attached hydrogen (secondary N) is 2. The lowest BCUT2D eigenvalue weighted by molar-refractivity contribution is -0.136. The summed E-state index contributed by atoms with van der Waals surface area (Å²) in [7, 11) is 0. The highest BCUT2D eigenvalue weighted by atomic mass is 35.5. The molecule has 5 nitrogen and oxygen atoms in total. The number of rotatable bonds is 2. The van der Waals surface area contributed by atoms with Crippen molar-refractivity contribution in [3.8, 4) is 6.07 Å². The lowest BCUT2D eigenvalue weighted by Gasteiger charge is -2.06. The Morgan fingerprint density at radius 2 is 2.12 bits per heavy atom. The lowest BCUT2D eigenvalue weighted by Crippen LogP contribution is -2.35. The Morgan fingerprint density at radius 1 is 1.41 bits per heavy atom. The average molecular weight is 256 g/mol. The second-order valence-electron chi connectivity index (χ2n) is 2.92. The second kappa shape index (κ2) is 5.82. The molecule has 0 bridgehead atoms. The first-order valence-corrected chi connectivity index (χ1v) is 4.83. The smallest absolute Gasteiger partial charge is 0.313 e. The van der Waals surface area contributed by atoms with Crippen LogP contribution in [0, 0.1) is 17.1 Å². The maximum atomic E-state index is 12.8. The Hall–Kier alpha value is -2.13. The predicted molar refractivity (Wildman–Crippen MR) is 58.7 cm³/mol. The van der Waals surface area contributed by atoms with Gasteiger partial charge in [0.25, 0.3) is 0 Å². The lowest BCUT2D eigenvalue weighted by atomic mass is 10.3. The summed E-state index contributed by atoms with van der Waals surface area (Å²) in [6.45, 7) is -0.289. The number of nitrogens with zero attached hydrogens (tertiary/aromatic N) is 1. The van der Waals surface area contributed by atoms with Gasteiger partial charge in [-0.3, -0.25) is 9.59 Å². The minimum absolute atomic E-state index is 0.0104. The Kier molecular flexibility index (Phi) is 4.43. The van der Waals surface area contributed by atoms with E-state index in [9.17, 15) is 14.0 Å². The van der Waals surface area contributed by atoms with Gasteiger partial charge in [-0.1, -0.05) is 11.6 Å². The average Bonchev–Trinajstić information content (AvgIpc) is 2.30. The van der Waals surface area contributed by atoms with Gasteiger partial charge in [-0.25, -0.2) is 4.39 Å². The van der Waals surface area contributed by atoms with Gasteiger partial charge in [-0.05, 0) is 18.2 Å². The molecule has 7 heteroatoms. The van der Waals surface area contributed by atoms with Gasteiger partial charge in [-0.15, -0.1) is 0 Å². The van der Waals surface area contributed by atoms with Gasteiger partial charge in [0.15, 0.2) is 0 Å². The molecule has 0 saturated carbocycles. The second-order valence-corrected chi connectivity index (χ2v) is 3.33. The standard InChI is InChI=1S/C10H7ClFN3O2/c11-7-2-1-6(12)5-8(7)15-10(17)9(16)14-4-3-13/h1-2,5H,4H2,(H,14,16)(H,15,17). The van der Waals surface area contributed by atoms with Crippen molar-refractivity contribution in [2.75, 3.05) is 11.9 Å². The molecule has 2 N–H and O–H groups in total. The first-order valence-electron chi connectivity index (χ1n) is 4.45. The topological polar surface area (TPSA) is 82.0 Å². The first-order chi connectivity index (χ1) is 8.04. The summed E-state index contributed by atoms with van der Waals surface area (Å²) in [6.07, 6.45) is 0. The summed E-state index contributed by atoms with van der Waals surface area (Å²) in [5, 5.41) is 12.5. The van der Waals surface area contributed by atoms with Crippen LogP contribution < -0.4 is 10.6 Å². The fourth-order valence-electron chi connectivity index (χ4n) is 0.972. The number of carbonyl (C=O) groups is 2. The number of anilines is 1. The van der Waals surface area contributed by atoms with Crippen LogP contribution in [0.15, 0.2) is 18.2 Å². The fraction of sp³-hybridized carbons (Fsp3) is 0.100. The van der Waals surface area contributed by atoms with Crippen LogP contribution in [0.4, 0.5) is 10.1 Å². The van der Waals surface area contributed by atoms with Crippen molar-refractivity contribution in [3.05, 3.63) is 29.0 Å². The molecule has 0 aromatic heterocycles. The molecule has 0 fully saturated rings. The quantitative estimate of drug-likeness (QED) is 0.612. The zero-order chi connectivity index (χ0) is 12.8. The van der Waals surface area contributed by atoms with E-state index in [0.29, 0.717) is 0 Å². The van der Waals surface area contributed by atoms with Crippen molar-refractivity contribution >= 4 is 29.1 Å². The molecule has 0 radical (unpaired) electrons. The number of nitriles is 1. The van der Waals surface area contributed by atoms with Crippen LogP contribution in [-0.4, -0.2) is 18.4 Å². The summed E-state index contributed by atoms with van der Waals surface area (Å²) in [5.41, 5.74) is -0.0104. The van der Waals surface area contributed by atoms with Gasteiger partial charge in [0.05, 0.1) is 16.8 Å². The van der Waals surface area contributed by atoms with Gasteiger partial charge in [-0.2, -0.15) is 5.26 Å². The number of halogens is 2. The van der Waals surface area contributed by atoms with E-state index >= 15 is 0 Å². The number of hydrogen-bond donors (Lipinski definition) is 2. The van der Waals surface area contributed by atoms with Crippen LogP contribution in [-0.2, 0) is 9.59 Å². The van der Waals surface area contributed by atoms with Gasteiger partial charge in [0.1, 0.15) is 12.4 Å². The van der Waals surface area contributed by atoms with Crippen LogP contribution in [0.1, 0.15) is 0 Å². The van der Waals surface area contributed by atoms with Crippen LogP contribution in [0.2, 0.25) is 5.02 Å². The largest absolute Gasteiger partial charge is 0.335 e. The van der Waals surface area contributed by atoms with Crippen LogP contribution in [0.5, 0.6) is 0 Å². The Morgan fingerprint density at radius 3 is 2.76 bits per heavy atom. The van der Waals surface area contributed by atoms with E-state index in [1.807, 2.05) is 5.32 Å². The molecule has 88 valence electrons. The SMILES string of the molecule is N#CCNC(=O)C(=O)Nc1cc(F)ccc1Cl. The first kappa shape index (κ1) is 12.9. The Labute approximate surface area is 101 Å². The van der Waals surface area contributed by atoms with E-state index in [1.54, 1.807) is 6.07 Å². The zero-order valence-corrected chi connectivity index (χ0v) is 9.21. The highest BCUT2D eigenvalue weighted by Gasteiger charge is 2.14. The molecule has 0 spiro atoms. The van der Waals surface area contributed by atoms with E-state index in [2.05, 4.69) is 5.32 Å². The van der Waals surface area contributed by atoms with Crippen LogP contribution >= 0.6 is 11.6 Å². The minimum atomic E-state index is -1.02. The molecule has 17 heavy (non-hydrogen) atoms. The van der Waals surface area contributed by atoms with E-state index in [1.165, 1.54) is 6.07 Å². The number of benzene rings is 1. The summed E-state index contributed by atoms with van der Waals surface area (Å²) in [4.78, 5) is 22.4. The molecule has 0 atom stereocenters. The number of carbonyl (C=O) groups excluding carboxylic acids is 2. The maximum absolute atomic E-state index is 12.8.